The van der Waals surface area contributed by atoms with Crippen LogP contribution in [-0.2, 0) is 11.2 Å². The lowest BCUT2D eigenvalue weighted by molar-refractivity contribution is 0.113. The second-order valence-corrected chi connectivity index (χ2v) is 5.47. The zero-order valence-corrected chi connectivity index (χ0v) is 11.1. The lowest BCUT2D eigenvalue weighted by atomic mass is 10.1. The molecule has 2 N–H and O–H groups in total. The Balaban J connectivity index is 1.80. The summed E-state index contributed by atoms with van der Waals surface area (Å²) >= 11 is 0. The van der Waals surface area contributed by atoms with Crippen LogP contribution in [0.15, 0.2) is 18.2 Å². The van der Waals surface area contributed by atoms with Gasteiger partial charge >= 0.3 is 0 Å². The highest BCUT2D eigenvalue weighted by Crippen LogP contribution is 2.41. The van der Waals surface area contributed by atoms with Crippen molar-refractivity contribution in [1.29, 1.82) is 0 Å². The summed E-state index contributed by atoms with van der Waals surface area (Å²) in [6.07, 6.45) is 5.11. The highest BCUT2D eigenvalue weighted by Gasteiger charge is 2.37. The summed E-state index contributed by atoms with van der Waals surface area (Å²) in [5.41, 5.74) is 9.70. The predicted octanol–water partition coefficient (Wildman–Crippen LogP) is 2.37. The van der Waals surface area contributed by atoms with Gasteiger partial charge in [-0.2, -0.15) is 0 Å². The minimum Gasteiger partial charge on any atom is -0.399 e. The zero-order chi connectivity index (χ0) is 12.5. The first-order chi connectivity index (χ1) is 8.79. The fourth-order valence-corrected chi connectivity index (χ4v) is 3.16. The van der Waals surface area contributed by atoms with Crippen molar-refractivity contribution in [3.05, 3.63) is 29.3 Å². The molecule has 0 aromatic heterocycles. The molecule has 0 heterocycles. The third-order valence-corrected chi connectivity index (χ3v) is 4.18. The molecule has 0 bridgehead atoms. The molecule has 1 unspecified atom stereocenters. The van der Waals surface area contributed by atoms with Gasteiger partial charge in [0.25, 0.3) is 0 Å². The Morgan fingerprint density at radius 3 is 2.89 bits per heavy atom. The number of anilines is 1. The Labute approximate surface area is 109 Å². The van der Waals surface area contributed by atoms with E-state index in [0.717, 1.165) is 24.9 Å². The summed E-state index contributed by atoms with van der Waals surface area (Å²) in [4.78, 5) is 2.64. The zero-order valence-electron chi connectivity index (χ0n) is 11.1. The maximum absolute atomic E-state index is 5.87. The van der Waals surface area contributed by atoms with E-state index in [9.17, 15) is 0 Å². The minimum absolute atomic E-state index is 0.586. The average molecular weight is 246 g/mol. The average Bonchev–Trinajstić information content (AvgIpc) is 3.12. The summed E-state index contributed by atoms with van der Waals surface area (Å²) in [7, 11) is 1.79. The van der Waals surface area contributed by atoms with Crippen LogP contribution in [0.3, 0.4) is 0 Å². The molecule has 2 aliphatic carbocycles. The Kier molecular flexibility index (Phi) is 3.27. The lowest BCUT2D eigenvalue weighted by Crippen LogP contribution is -2.32. The van der Waals surface area contributed by atoms with Crippen LogP contribution in [0.4, 0.5) is 5.69 Å². The number of methoxy groups -OCH3 is 1. The van der Waals surface area contributed by atoms with E-state index in [0.29, 0.717) is 6.04 Å². The monoisotopic (exact) mass is 246 g/mol. The number of rotatable bonds is 5. The lowest BCUT2D eigenvalue weighted by Gasteiger charge is -2.29. The van der Waals surface area contributed by atoms with Crippen LogP contribution in [-0.4, -0.2) is 31.2 Å². The Hall–Kier alpha value is -1.06. The van der Waals surface area contributed by atoms with E-state index in [1.165, 1.54) is 36.8 Å². The number of nitrogens with zero attached hydrogens (tertiary/aromatic N) is 1. The molecule has 3 nitrogen and oxygen atoms in total. The van der Waals surface area contributed by atoms with Crippen LogP contribution in [0.1, 0.15) is 36.4 Å². The first-order valence-electron chi connectivity index (χ1n) is 6.92. The van der Waals surface area contributed by atoms with Gasteiger partial charge in [0.15, 0.2) is 0 Å². The molecule has 3 heteroatoms. The van der Waals surface area contributed by atoms with Gasteiger partial charge in [-0.25, -0.2) is 0 Å². The molecule has 1 fully saturated rings. The molecule has 1 atom stereocenters. The van der Waals surface area contributed by atoms with Gasteiger partial charge in [-0.05, 0) is 48.9 Å². The fourth-order valence-electron chi connectivity index (χ4n) is 3.16. The Morgan fingerprint density at radius 2 is 2.17 bits per heavy atom. The van der Waals surface area contributed by atoms with Crippen LogP contribution in [0.5, 0.6) is 0 Å². The first kappa shape index (κ1) is 12.0. The van der Waals surface area contributed by atoms with Crippen molar-refractivity contribution in [2.75, 3.05) is 26.0 Å². The topological polar surface area (TPSA) is 38.5 Å². The van der Waals surface area contributed by atoms with Crippen molar-refractivity contribution < 1.29 is 4.74 Å². The van der Waals surface area contributed by atoms with Crippen molar-refractivity contribution in [3.63, 3.8) is 0 Å². The molecule has 0 radical (unpaired) electrons. The molecule has 3 rings (SSSR count). The molecule has 0 saturated heterocycles. The van der Waals surface area contributed by atoms with Crippen LogP contribution >= 0.6 is 0 Å². The maximum Gasteiger partial charge on any atom is 0.0590 e. The maximum atomic E-state index is 5.87. The SMILES string of the molecule is COCCN(C1CC1)C1CCc2cc(N)ccc21. The quantitative estimate of drug-likeness (QED) is 0.811. The van der Waals surface area contributed by atoms with Gasteiger partial charge in [0.2, 0.25) is 0 Å². The molecule has 0 amide bonds. The van der Waals surface area contributed by atoms with Gasteiger partial charge in [-0.3, -0.25) is 4.90 Å². The summed E-state index contributed by atoms with van der Waals surface area (Å²) in [6.45, 7) is 1.88. The van der Waals surface area contributed by atoms with E-state index in [1.54, 1.807) is 7.11 Å². The van der Waals surface area contributed by atoms with E-state index in [-0.39, 0.29) is 0 Å². The van der Waals surface area contributed by atoms with Gasteiger partial charge in [0.1, 0.15) is 0 Å². The number of fused-ring (bicyclic) bond motifs is 1. The number of hydrogen-bond acceptors (Lipinski definition) is 3. The van der Waals surface area contributed by atoms with Crippen molar-refractivity contribution in [2.24, 2.45) is 0 Å². The van der Waals surface area contributed by atoms with Gasteiger partial charge in [-0.1, -0.05) is 6.07 Å². The summed E-state index contributed by atoms with van der Waals surface area (Å²) < 4.78 is 5.26. The van der Waals surface area contributed by atoms with Crippen molar-refractivity contribution in [1.82, 2.24) is 4.90 Å². The van der Waals surface area contributed by atoms with E-state index in [4.69, 9.17) is 10.5 Å². The summed E-state index contributed by atoms with van der Waals surface area (Å²) in [5.74, 6) is 0. The largest absolute Gasteiger partial charge is 0.399 e. The minimum atomic E-state index is 0.586. The Bertz CT molecular complexity index is 429. The highest BCUT2D eigenvalue weighted by atomic mass is 16.5. The normalized spacial score (nSPS) is 22.4. The molecular weight excluding hydrogens is 224 g/mol. The molecule has 2 aliphatic rings. The summed E-state index contributed by atoms with van der Waals surface area (Å²) in [6, 6.07) is 7.79. The van der Waals surface area contributed by atoms with Gasteiger partial charge < -0.3 is 10.5 Å². The van der Waals surface area contributed by atoms with Gasteiger partial charge in [-0.15, -0.1) is 0 Å². The second-order valence-electron chi connectivity index (χ2n) is 5.47. The van der Waals surface area contributed by atoms with Crippen LogP contribution in [0.25, 0.3) is 0 Å². The second kappa shape index (κ2) is 4.90. The first-order valence-corrected chi connectivity index (χ1v) is 6.92. The molecule has 1 saturated carbocycles. The molecule has 0 aliphatic heterocycles. The molecule has 1 aromatic carbocycles. The van der Waals surface area contributed by atoms with Crippen LogP contribution < -0.4 is 5.73 Å². The van der Waals surface area contributed by atoms with Crippen LogP contribution in [0, 0.1) is 0 Å². The standard InChI is InChI=1S/C15H22N2O/c1-18-9-8-17(13-4-5-13)15-7-2-11-10-12(16)3-6-14(11)15/h3,6,10,13,15H,2,4-5,7-9,16H2,1H3. The van der Waals surface area contributed by atoms with Crippen molar-refractivity contribution in [2.45, 2.75) is 37.8 Å². The van der Waals surface area contributed by atoms with Crippen molar-refractivity contribution in [3.8, 4) is 0 Å². The number of benzene rings is 1. The number of hydrogen-bond donors (Lipinski definition) is 1. The molecular formula is C15H22N2O. The smallest absolute Gasteiger partial charge is 0.0590 e. The van der Waals surface area contributed by atoms with E-state index >= 15 is 0 Å². The summed E-state index contributed by atoms with van der Waals surface area (Å²) in [5, 5.41) is 0. The van der Waals surface area contributed by atoms with Crippen LogP contribution in [0.2, 0.25) is 0 Å². The fraction of sp³-hybridized carbons (Fsp3) is 0.600. The third kappa shape index (κ3) is 2.25. The molecule has 98 valence electrons. The Morgan fingerprint density at radius 1 is 1.33 bits per heavy atom. The number of aryl methyl sites for hydroxylation is 1. The van der Waals surface area contributed by atoms with E-state index < -0.39 is 0 Å². The molecule has 18 heavy (non-hydrogen) atoms. The molecule has 0 spiro atoms. The number of nitrogen functional groups attached to an aromatic ring is 1. The molecule has 1 aromatic rings. The third-order valence-electron chi connectivity index (χ3n) is 4.18. The predicted molar refractivity (Wildman–Crippen MR) is 73.5 cm³/mol. The van der Waals surface area contributed by atoms with E-state index in [1.807, 2.05) is 6.07 Å². The number of nitrogens with two attached hydrogens (primary N) is 1. The van der Waals surface area contributed by atoms with Crippen molar-refractivity contribution >= 4 is 5.69 Å². The van der Waals surface area contributed by atoms with Gasteiger partial charge in [0.05, 0.1) is 6.61 Å². The van der Waals surface area contributed by atoms with Gasteiger partial charge in [0, 0.05) is 31.4 Å². The highest BCUT2D eigenvalue weighted by molar-refractivity contribution is 5.47. The van der Waals surface area contributed by atoms with E-state index in [2.05, 4.69) is 17.0 Å². The number of ether oxygens (including phenoxy) is 1.